The van der Waals surface area contributed by atoms with E-state index in [0.29, 0.717) is 6.07 Å². The van der Waals surface area contributed by atoms with Gasteiger partial charge in [-0.2, -0.15) is 9.40 Å². The van der Waals surface area contributed by atoms with E-state index < -0.39 is 26.6 Å². The van der Waals surface area contributed by atoms with Crippen molar-refractivity contribution in [2.24, 2.45) is 7.05 Å². The molecule has 3 rings (SSSR count). The van der Waals surface area contributed by atoms with Crippen molar-refractivity contribution in [3.8, 4) is 0 Å². The van der Waals surface area contributed by atoms with Crippen molar-refractivity contribution in [1.82, 2.24) is 19.0 Å². The van der Waals surface area contributed by atoms with Gasteiger partial charge in [-0.05, 0) is 18.2 Å². The number of carbonyl (C=O) groups excluding carboxylic acids is 1. The van der Waals surface area contributed by atoms with Crippen LogP contribution >= 0.6 is 0 Å². The molecule has 1 aliphatic heterocycles. The number of carbonyl (C=O) groups is 1. The second-order valence-electron chi connectivity index (χ2n) is 6.08. The Balaban J connectivity index is 1.64. The molecule has 2 heterocycles. The maximum Gasteiger partial charge on any atom is 0.246 e. The van der Waals surface area contributed by atoms with E-state index >= 15 is 0 Å². The fraction of sp³-hybridized carbons (Fsp3) is 0.294. The summed E-state index contributed by atoms with van der Waals surface area (Å²) in [5, 5.41) is 4.00. The number of amides is 1. The monoisotopic (exact) mass is 396 g/mol. The Morgan fingerprint density at radius 3 is 2.48 bits per heavy atom. The van der Waals surface area contributed by atoms with Gasteiger partial charge in [0, 0.05) is 57.1 Å². The van der Waals surface area contributed by atoms with Crippen LogP contribution in [0.15, 0.2) is 41.6 Å². The van der Waals surface area contributed by atoms with E-state index in [0.717, 1.165) is 22.0 Å². The first-order valence-electron chi connectivity index (χ1n) is 8.18. The summed E-state index contributed by atoms with van der Waals surface area (Å²) in [6.45, 7) is 0.424. The fourth-order valence-electron chi connectivity index (χ4n) is 2.77. The van der Waals surface area contributed by atoms with Gasteiger partial charge >= 0.3 is 0 Å². The molecule has 0 spiro atoms. The summed E-state index contributed by atoms with van der Waals surface area (Å²) in [6.07, 6.45) is 6.41. The molecule has 1 fully saturated rings. The number of hydrogen-bond acceptors (Lipinski definition) is 4. The van der Waals surface area contributed by atoms with Crippen LogP contribution in [0.1, 0.15) is 5.56 Å². The number of aromatic nitrogens is 2. The van der Waals surface area contributed by atoms with E-state index in [2.05, 4.69) is 5.10 Å². The third-order valence-electron chi connectivity index (χ3n) is 4.21. The molecule has 0 radical (unpaired) electrons. The van der Waals surface area contributed by atoms with Gasteiger partial charge in [-0.15, -0.1) is 0 Å². The van der Waals surface area contributed by atoms with Crippen LogP contribution in [0.5, 0.6) is 0 Å². The number of rotatable bonds is 4. The zero-order valence-corrected chi connectivity index (χ0v) is 15.4. The van der Waals surface area contributed by atoms with Crippen molar-refractivity contribution in [1.29, 1.82) is 0 Å². The van der Waals surface area contributed by atoms with Crippen molar-refractivity contribution in [2.75, 3.05) is 26.2 Å². The van der Waals surface area contributed by atoms with Crippen molar-refractivity contribution in [2.45, 2.75) is 4.90 Å². The zero-order valence-electron chi connectivity index (χ0n) is 14.5. The SMILES string of the molecule is Cn1cc(C=CC(=O)N2CCN(S(=O)(=O)c3ccc(F)cc3F)CC2)cn1. The number of aryl methyl sites for hydroxylation is 1. The van der Waals surface area contributed by atoms with Crippen LogP contribution in [0.4, 0.5) is 8.78 Å². The third-order valence-corrected chi connectivity index (χ3v) is 6.14. The van der Waals surface area contributed by atoms with Crippen LogP contribution in [0, 0.1) is 11.6 Å². The third kappa shape index (κ3) is 4.22. The zero-order chi connectivity index (χ0) is 19.6. The van der Waals surface area contributed by atoms with Gasteiger partial charge in [0.05, 0.1) is 6.20 Å². The van der Waals surface area contributed by atoms with Gasteiger partial charge in [0.2, 0.25) is 15.9 Å². The molecule has 0 saturated carbocycles. The molecule has 1 aromatic heterocycles. The molecule has 2 aromatic rings. The van der Waals surface area contributed by atoms with Crippen LogP contribution in [0.25, 0.3) is 6.08 Å². The van der Waals surface area contributed by atoms with E-state index in [1.807, 2.05) is 0 Å². The van der Waals surface area contributed by atoms with Gasteiger partial charge in [-0.1, -0.05) is 0 Å². The van der Waals surface area contributed by atoms with Gasteiger partial charge in [0.15, 0.2) is 0 Å². The standard InChI is InChI=1S/C17H18F2N4O3S/c1-21-12-13(11-20-21)2-5-17(24)22-6-8-23(9-7-22)27(25,26)16-4-3-14(18)10-15(16)19/h2-5,10-12H,6-9H2,1H3. The van der Waals surface area contributed by atoms with Crippen LogP contribution in [0.2, 0.25) is 0 Å². The Hall–Kier alpha value is -2.59. The summed E-state index contributed by atoms with van der Waals surface area (Å²) in [6, 6.07) is 2.35. The predicted octanol–water partition coefficient (Wildman–Crippen LogP) is 1.24. The maximum atomic E-state index is 13.8. The highest BCUT2D eigenvalue weighted by atomic mass is 32.2. The van der Waals surface area contributed by atoms with E-state index in [1.165, 1.54) is 11.0 Å². The van der Waals surface area contributed by atoms with Gasteiger partial charge < -0.3 is 4.90 Å². The predicted molar refractivity (Wildman–Crippen MR) is 93.9 cm³/mol. The number of nitrogens with zero attached hydrogens (tertiary/aromatic N) is 4. The molecule has 1 amide bonds. The Kier molecular flexibility index (Phi) is 5.38. The van der Waals surface area contributed by atoms with Crippen molar-refractivity contribution in [3.05, 3.63) is 53.9 Å². The quantitative estimate of drug-likeness (QED) is 0.729. The summed E-state index contributed by atoms with van der Waals surface area (Å²) in [7, 11) is -2.32. The molecule has 144 valence electrons. The molecule has 0 N–H and O–H groups in total. The molecule has 0 atom stereocenters. The lowest BCUT2D eigenvalue weighted by molar-refractivity contribution is -0.127. The minimum Gasteiger partial charge on any atom is -0.337 e. The second-order valence-corrected chi connectivity index (χ2v) is 7.99. The highest BCUT2D eigenvalue weighted by Gasteiger charge is 2.31. The van der Waals surface area contributed by atoms with Crippen molar-refractivity contribution >= 4 is 22.0 Å². The molecule has 27 heavy (non-hydrogen) atoms. The smallest absolute Gasteiger partial charge is 0.246 e. The van der Waals surface area contributed by atoms with Crippen molar-refractivity contribution < 1.29 is 22.0 Å². The lowest BCUT2D eigenvalue weighted by atomic mass is 10.3. The first kappa shape index (κ1) is 19.2. The minimum absolute atomic E-state index is 0.0334. The van der Waals surface area contributed by atoms with E-state index in [1.54, 1.807) is 30.2 Å². The molecule has 0 aliphatic carbocycles. The largest absolute Gasteiger partial charge is 0.337 e. The number of halogens is 2. The fourth-order valence-corrected chi connectivity index (χ4v) is 4.24. The average molecular weight is 396 g/mol. The summed E-state index contributed by atoms with van der Waals surface area (Å²) in [5.41, 5.74) is 0.777. The molecule has 1 aromatic carbocycles. The average Bonchev–Trinajstić information content (AvgIpc) is 3.05. The van der Waals surface area contributed by atoms with Gasteiger partial charge in [0.1, 0.15) is 16.5 Å². The number of sulfonamides is 1. The summed E-state index contributed by atoms with van der Waals surface area (Å²) < 4.78 is 54.7. The highest BCUT2D eigenvalue weighted by molar-refractivity contribution is 7.89. The summed E-state index contributed by atoms with van der Waals surface area (Å²) in [4.78, 5) is 13.2. The number of benzene rings is 1. The summed E-state index contributed by atoms with van der Waals surface area (Å²) >= 11 is 0. The molecular weight excluding hydrogens is 378 g/mol. The molecule has 1 saturated heterocycles. The molecule has 10 heteroatoms. The van der Waals surface area contributed by atoms with Crippen molar-refractivity contribution in [3.63, 3.8) is 0 Å². The van der Waals surface area contributed by atoms with Gasteiger partial charge in [0.25, 0.3) is 0 Å². The van der Waals surface area contributed by atoms with E-state index in [-0.39, 0.29) is 32.1 Å². The Bertz CT molecular complexity index is 980. The molecular formula is C17H18F2N4O3S. The lowest BCUT2D eigenvalue weighted by Gasteiger charge is -2.33. The van der Waals surface area contributed by atoms with Gasteiger partial charge in [-0.3, -0.25) is 9.48 Å². The Morgan fingerprint density at radius 1 is 1.19 bits per heavy atom. The number of piperazine rings is 1. The second kappa shape index (κ2) is 7.57. The summed E-state index contributed by atoms with van der Waals surface area (Å²) in [5.74, 6) is -2.22. The van der Waals surface area contributed by atoms with E-state index in [9.17, 15) is 22.0 Å². The van der Waals surface area contributed by atoms with Crippen LogP contribution in [-0.2, 0) is 21.9 Å². The Morgan fingerprint density at radius 2 is 1.89 bits per heavy atom. The first-order chi connectivity index (χ1) is 12.8. The van der Waals surface area contributed by atoms with Crippen LogP contribution in [-0.4, -0.2) is 59.5 Å². The van der Waals surface area contributed by atoms with Crippen LogP contribution in [0.3, 0.4) is 0 Å². The maximum absolute atomic E-state index is 13.8. The lowest BCUT2D eigenvalue weighted by Crippen LogP contribution is -2.50. The topological polar surface area (TPSA) is 75.5 Å². The number of hydrogen-bond donors (Lipinski definition) is 0. The van der Waals surface area contributed by atoms with Crippen LogP contribution < -0.4 is 0 Å². The molecule has 0 unspecified atom stereocenters. The molecule has 7 nitrogen and oxygen atoms in total. The highest BCUT2D eigenvalue weighted by Crippen LogP contribution is 2.21. The molecule has 1 aliphatic rings. The normalized spacial score (nSPS) is 16.2. The Labute approximate surface area is 155 Å². The van der Waals surface area contributed by atoms with E-state index in [4.69, 9.17) is 0 Å². The molecule has 0 bridgehead atoms. The first-order valence-corrected chi connectivity index (χ1v) is 9.62. The minimum atomic E-state index is -4.09. The van der Waals surface area contributed by atoms with Gasteiger partial charge in [-0.25, -0.2) is 17.2 Å².